The molecule has 0 heterocycles. The van der Waals surface area contributed by atoms with Crippen molar-refractivity contribution in [2.45, 2.75) is 131 Å². The van der Waals surface area contributed by atoms with Crippen molar-refractivity contribution in [1.82, 2.24) is 0 Å². The molecule has 0 unspecified atom stereocenters. The van der Waals surface area contributed by atoms with Crippen molar-refractivity contribution in [1.29, 1.82) is 0 Å². The summed E-state index contributed by atoms with van der Waals surface area (Å²) in [6.07, 6.45) is 13.3. The number of hydrogen-bond acceptors (Lipinski definition) is 4. The molecule has 4 fully saturated rings. The molecule has 4 rings (SSSR count). The van der Waals surface area contributed by atoms with Crippen molar-refractivity contribution < 1.29 is 19.1 Å². The summed E-state index contributed by atoms with van der Waals surface area (Å²) in [6.45, 7) is 15.4. The number of ether oxygens (including phenoxy) is 2. The second-order valence-electron chi connectivity index (χ2n) is 13.9. The number of esters is 2. The second-order valence-corrected chi connectivity index (χ2v) is 13.9. The summed E-state index contributed by atoms with van der Waals surface area (Å²) in [4.78, 5) is 23.9. The van der Waals surface area contributed by atoms with Crippen LogP contribution in [-0.4, -0.2) is 24.1 Å². The minimum atomic E-state index is -0.190. The van der Waals surface area contributed by atoms with Crippen molar-refractivity contribution in [3.05, 3.63) is 0 Å². The zero-order chi connectivity index (χ0) is 25.5. The van der Waals surface area contributed by atoms with Crippen LogP contribution >= 0.6 is 0 Å². The molecule has 4 nitrogen and oxygen atoms in total. The van der Waals surface area contributed by atoms with Crippen molar-refractivity contribution in [3.8, 4) is 0 Å². The Morgan fingerprint density at radius 1 is 0.800 bits per heavy atom. The molecule has 0 aliphatic heterocycles. The molecule has 0 aromatic heterocycles. The molecule has 0 spiro atoms. The van der Waals surface area contributed by atoms with E-state index in [4.69, 9.17) is 9.47 Å². The minimum Gasteiger partial charge on any atom is -0.463 e. The molecule has 4 aliphatic rings. The van der Waals surface area contributed by atoms with Crippen molar-refractivity contribution in [3.63, 3.8) is 0 Å². The highest BCUT2D eigenvalue weighted by atomic mass is 16.5. The standard InChI is InChI=1S/C31H52O4/c1-19(2)9-8-10-20(3)25-11-12-26-24-18-29(35-22(5)33)28-17-23(34-21(4)32)13-15-31(28,7)27(24)14-16-30(25,26)6/h19-20,23-29H,8-18H2,1-7H3/t20-,23+,24-,25+,26-,27-,28-,29+,30+,31-/m1/s1. The van der Waals surface area contributed by atoms with Gasteiger partial charge in [0.15, 0.2) is 0 Å². The molecule has 0 saturated heterocycles. The Labute approximate surface area is 214 Å². The van der Waals surface area contributed by atoms with Crippen molar-refractivity contribution in [2.75, 3.05) is 0 Å². The predicted octanol–water partition coefficient (Wildman–Crippen LogP) is 7.58. The summed E-state index contributed by atoms with van der Waals surface area (Å²) in [7, 11) is 0. The Kier molecular flexibility index (Phi) is 7.99. The van der Waals surface area contributed by atoms with E-state index >= 15 is 0 Å². The molecule has 0 bridgehead atoms. The van der Waals surface area contributed by atoms with E-state index < -0.39 is 0 Å². The van der Waals surface area contributed by atoms with Crippen LogP contribution in [0.3, 0.4) is 0 Å². The van der Waals surface area contributed by atoms with Gasteiger partial charge in [0.1, 0.15) is 12.2 Å². The molecule has 4 heteroatoms. The van der Waals surface area contributed by atoms with Gasteiger partial charge in [-0.2, -0.15) is 0 Å². The summed E-state index contributed by atoms with van der Waals surface area (Å²) in [6, 6.07) is 0. The highest BCUT2D eigenvalue weighted by Gasteiger charge is 2.63. The Morgan fingerprint density at radius 3 is 2.11 bits per heavy atom. The van der Waals surface area contributed by atoms with Crippen LogP contribution in [0.5, 0.6) is 0 Å². The van der Waals surface area contributed by atoms with Gasteiger partial charge in [-0.15, -0.1) is 0 Å². The molecule has 0 radical (unpaired) electrons. The molecular weight excluding hydrogens is 436 g/mol. The van der Waals surface area contributed by atoms with Crippen LogP contribution in [0, 0.1) is 52.3 Å². The number of carbonyl (C=O) groups is 2. The smallest absolute Gasteiger partial charge is 0.302 e. The van der Waals surface area contributed by atoms with E-state index in [1.165, 1.54) is 51.9 Å². The second kappa shape index (κ2) is 10.4. The topological polar surface area (TPSA) is 52.6 Å². The Bertz CT molecular complexity index is 776. The van der Waals surface area contributed by atoms with E-state index in [0.29, 0.717) is 23.2 Å². The van der Waals surface area contributed by atoms with Crippen LogP contribution in [0.25, 0.3) is 0 Å². The number of rotatable bonds is 7. The summed E-state index contributed by atoms with van der Waals surface area (Å²) in [5.74, 6) is 4.48. The molecule has 10 atom stereocenters. The summed E-state index contributed by atoms with van der Waals surface area (Å²) in [5.41, 5.74) is 0.597. The van der Waals surface area contributed by atoms with E-state index in [1.54, 1.807) is 6.92 Å². The van der Waals surface area contributed by atoms with Crippen LogP contribution in [-0.2, 0) is 19.1 Å². The lowest BCUT2D eigenvalue weighted by molar-refractivity contribution is -0.197. The Morgan fingerprint density at radius 2 is 1.46 bits per heavy atom. The van der Waals surface area contributed by atoms with Crippen LogP contribution in [0.1, 0.15) is 119 Å². The third-order valence-electron chi connectivity index (χ3n) is 11.5. The summed E-state index contributed by atoms with van der Waals surface area (Å²) < 4.78 is 11.7. The van der Waals surface area contributed by atoms with Crippen LogP contribution < -0.4 is 0 Å². The van der Waals surface area contributed by atoms with Crippen LogP contribution in [0.2, 0.25) is 0 Å². The highest BCUT2D eigenvalue weighted by molar-refractivity contribution is 5.66. The number of fused-ring (bicyclic) bond motifs is 5. The van der Waals surface area contributed by atoms with E-state index in [9.17, 15) is 9.59 Å². The summed E-state index contributed by atoms with van der Waals surface area (Å²) in [5, 5.41) is 0. The van der Waals surface area contributed by atoms with Gasteiger partial charge >= 0.3 is 11.9 Å². The first-order valence-corrected chi connectivity index (χ1v) is 14.8. The molecule has 0 aromatic carbocycles. The zero-order valence-electron chi connectivity index (χ0n) is 23.6. The van der Waals surface area contributed by atoms with Gasteiger partial charge in [0.25, 0.3) is 0 Å². The van der Waals surface area contributed by atoms with Gasteiger partial charge in [-0.05, 0) is 97.7 Å². The molecule has 0 amide bonds. The normalized spacial score (nSPS) is 43.6. The lowest BCUT2D eigenvalue weighted by atomic mass is 9.43. The van der Waals surface area contributed by atoms with Gasteiger partial charge in [0.05, 0.1) is 0 Å². The largest absolute Gasteiger partial charge is 0.463 e. The van der Waals surface area contributed by atoms with E-state index in [-0.39, 0.29) is 29.6 Å². The fraction of sp³-hybridized carbons (Fsp3) is 0.935. The molecular formula is C31H52O4. The monoisotopic (exact) mass is 488 g/mol. The third-order valence-corrected chi connectivity index (χ3v) is 11.5. The molecule has 35 heavy (non-hydrogen) atoms. The quantitative estimate of drug-likeness (QED) is 0.347. The van der Waals surface area contributed by atoms with Gasteiger partial charge in [0.2, 0.25) is 0 Å². The third kappa shape index (κ3) is 5.19. The van der Waals surface area contributed by atoms with Gasteiger partial charge < -0.3 is 9.47 Å². The molecule has 0 aromatic rings. The molecule has 0 N–H and O–H groups in total. The van der Waals surface area contributed by atoms with Crippen LogP contribution in [0.15, 0.2) is 0 Å². The Hall–Kier alpha value is -1.06. The first kappa shape index (κ1) is 27.0. The lowest BCUT2D eigenvalue weighted by Crippen LogP contribution is -2.59. The van der Waals surface area contributed by atoms with E-state index in [2.05, 4.69) is 34.6 Å². The van der Waals surface area contributed by atoms with Crippen LogP contribution in [0.4, 0.5) is 0 Å². The van der Waals surface area contributed by atoms with Gasteiger partial charge in [-0.25, -0.2) is 0 Å². The fourth-order valence-corrected chi connectivity index (χ4v) is 9.94. The first-order valence-electron chi connectivity index (χ1n) is 14.8. The Balaban J connectivity index is 1.54. The zero-order valence-corrected chi connectivity index (χ0v) is 23.6. The lowest BCUT2D eigenvalue weighted by Gasteiger charge is -2.62. The van der Waals surface area contributed by atoms with Crippen molar-refractivity contribution >= 4 is 11.9 Å². The SMILES string of the molecule is CC(=O)O[C@H]1CC[C@]2(C)[C@@H]3CC[C@]4(C)[C@H](CC[C@H]4[C@H](C)CCCC(C)C)[C@H]3C[C@H](OC(C)=O)[C@H]2C1. The fourth-order valence-electron chi connectivity index (χ4n) is 9.94. The average molecular weight is 489 g/mol. The maximum absolute atomic E-state index is 12.2. The van der Waals surface area contributed by atoms with E-state index in [0.717, 1.165) is 49.4 Å². The molecule has 4 saturated carbocycles. The van der Waals surface area contributed by atoms with Gasteiger partial charge in [0, 0.05) is 19.8 Å². The first-order chi connectivity index (χ1) is 16.5. The number of carbonyl (C=O) groups excluding carboxylic acids is 2. The predicted molar refractivity (Wildman–Crippen MR) is 140 cm³/mol. The maximum atomic E-state index is 12.2. The average Bonchev–Trinajstić information content (AvgIpc) is 3.11. The maximum Gasteiger partial charge on any atom is 0.302 e. The molecule has 200 valence electrons. The summed E-state index contributed by atoms with van der Waals surface area (Å²) >= 11 is 0. The van der Waals surface area contributed by atoms with Gasteiger partial charge in [-0.1, -0.05) is 53.9 Å². The highest BCUT2D eigenvalue weighted by Crippen LogP contribution is 2.68. The number of hydrogen-bond donors (Lipinski definition) is 0. The molecule has 4 aliphatic carbocycles. The van der Waals surface area contributed by atoms with E-state index in [1.807, 2.05) is 0 Å². The van der Waals surface area contributed by atoms with Gasteiger partial charge in [-0.3, -0.25) is 9.59 Å². The minimum absolute atomic E-state index is 0.0309. The van der Waals surface area contributed by atoms with Crippen molar-refractivity contribution in [2.24, 2.45) is 52.3 Å².